The molecule has 0 saturated carbocycles. The van der Waals surface area contributed by atoms with E-state index in [9.17, 15) is 14.0 Å². The summed E-state index contributed by atoms with van der Waals surface area (Å²) in [7, 11) is 1.24. The molecular formula is C20H20BrFN2O4. The number of nitrogens with zero attached hydrogens (tertiary/aromatic N) is 2. The highest BCUT2D eigenvalue weighted by Crippen LogP contribution is 2.25. The molecular weight excluding hydrogens is 431 g/mol. The molecule has 8 heteroatoms. The molecule has 0 aromatic heterocycles. The number of carbonyl (C=O) groups excluding carboxylic acids is 2. The first-order chi connectivity index (χ1) is 13.5. The molecule has 0 radical (unpaired) electrons. The molecule has 1 aliphatic rings. The van der Waals surface area contributed by atoms with E-state index in [4.69, 9.17) is 4.74 Å². The molecule has 148 valence electrons. The van der Waals surface area contributed by atoms with Crippen LogP contribution in [0.2, 0.25) is 0 Å². The summed E-state index contributed by atoms with van der Waals surface area (Å²) in [5.74, 6) is -1.18. The minimum absolute atomic E-state index is 0.0277. The van der Waals surface area contributed by atoms with Crippen LogP contribution in [0.25, 0.3) is 0 Å². The maximum absolute atomic E-state index is 14.6. The highest BCUT2D eigenvalue weighted by molar-refractivity contribution is 9.10. The van der Waals surface area contributed by atoms with Crippen molar-refractivity contribution in [2.75, 3.05) is 38.3 Å². The molecule has 0 atom stereocenters. The Morgan fingerprint density at radius 3 is 2.61 bits per heavy atom. The van der Waals surface area contributed by atoms with Crippen LogP contribution in [0.3, 0.4) is 0 Å². The zero-order valence-electron chi connectivity index (χ0n) is 15.4. The van der Waals surface area contributed by atoms with Gasteiger partial charge < -0.3 is 14.4 Å². The van der Waals surface area contributed by atoms with E-state index >= 15 is 0 Å². The van der Waals surface area contributed by atoms with E-state index in [-0.39, 0.29) is 18.1 Å². The lowest BCUT2D eigenvalue weighted by molar-refractivity contribution is 0.0548. The lowest BCUT2D eigenvalue weighted by Crippen LogP contribution is -2.48. The number of morpholine rings is 1. The molecule has 2 aromatic rings. The fourth-order valence-corrected chi connectivity index (χ4v) is 3.32. The van der Waals surface area contributed by atoms with Gasteiger partial charge >= 0.3 is 12.0 Å². The molecule has 3 rings (SSSR count). The van der Waals surface area contributed by atoms with Crippen molar-refractivity contribution in [1.82, 2.24) is 4.90 Å². The van der Waals surface area contributed by atoms with E-state index in [1.54, 1.807) is 17.0 Å². The fraction of sp³-hybridized carbons (Fsp3) is 0.300. The normalized spacial score (nSPS) is 13.9. The average molecular weight is 451 g/mol. The summed E-state index contributed by atoms with van der Waals surface area (Å²) >= 11 is 3.41. The van der Waals surface area contributed by atoms with Crippen molar-refractivity contribution in [1.29, 1.82) is 0 Å². The van der Waals surface area contributed by atoms with Gasteiger partial charge in [-0.15, -0.1) is 0 Å². The number of hydrogen-bond acceptors (Lipinski definition) is 4. The number of benzene rings is 2. The highest BCUT2D eigenvalue weighted by atomic mass is 79.9. The van der Waals surface area contributed by atoms with Crippen LogP contribution in [0.15, 0.2) is 46.9 Å². The van der Waals surface area contributed by atoms with Crippen LogP contribution in [-0.2, 0) is 16.0 Å². The average Bonchev–Trinajstić information content (AvgIpc) is 2.72. The van der Waals surface area contributed by atoms with Crippen molar-refractivity contribution in [3.63, 3.8) is 0 Å². The van der Waals surface area contributed by atoms with Gasteiger partial charge in [-0.2, -0.15) is 0 Å². The molecule has 0 spiro atoms. The number of ether oxygens (including phenoxy) is 2. The highest BCUT2D eigenvalue weighted by Gasteiger charge is 2.25. The van der Waals surface area contributed by atoms with Crippen LogP contribution < -0.4 is 4.90 Å². The molecule has 2 amide bonds. The number of anilines is 1. The molecule has 0 bridgehead atoms. The Balaban J connectivity index is 1.91. The number of urea groups is 1. The third-order valence-corrected chi connectivity index (χ3v) is 4.93. The summed E-state index contributed by atoms with van der Waals surface area (Å²) in [6.07, 6.45) is 0. The molecule has 6 nitrogen and oxygen atoms in total. The van der Waals surface area contributed by atoms with Gasteiger partial charge in [-0.05, 0) is 30.3 Å². The zero-order valence-corrected chi connectivity index (χ0v) is 16.9. The Morgan fingerprint density at radius 2 is 1.96 bits per heavy atom. The SMILES string of the molecule is COC(=O)c1ccc(CN(C(=O)N2CCOCC2)c2cccc(Br)c2)c(F)c1. The molecule has 0 aliphatic carbocycles. The molecule has 1 saturated heterocycles. The molecule has 1 aliphatic heterocycles. The summed E-state index contributed by atoms with van der Waals surface area (Å²) in [6.45, 7) is 1.93. The molecule has 1 fully saturated rings. The predicted octanol–water partition coefficient (Wildman–Crippen LogP) is 3.83. The Morgan fingerprint density at radius 1 is 1.21 bits per heavy atom. The quantitative estimate of drug-likeness (QED) is 0.664. The van der Waals surface area contributed by atoms with E-state index in [0.29, 0.717) is 37.6 Å². The molecule has 0 N–H and O–H groups in total. The lowest BCUT2D eigenvalue weighted by atomic mass is 10.1. The van der Waals surface area contributed by atoms with E-state index in [0.717, 1.165) is 10.5 Å². The second-order valence-electron chi connectivity index (χ2n) is 6.25. The second kappa shape index (κ2) is 9.16. The van der Waals surface area contributed by atoms with Gasteiger partial charge in [0.05, 0.1) is 32.4 Å². The number of halogens is 2. The van der Waals surface area contributed by atoms with E-state index < -0.39 is 11.8 Å². The van der Waals surface area contributed by atoms with E-state index in [1.165, 1.54) is 24.1 Å². The number of rotatable bonds is 4. The van der Waals surface area contributed by atoms with Gasteiger partial charge in [0.25, 0.3) is 0 Å². The third-order valence-electron chi connectivity index (χ3n) is 4.44. The van der Waals surface area contributed by atoms with Crippen molar-refractivity contribution in [2.45, 2.75) is 6.54 Å². The van der Waals surface area contributed by atoms with Gasteiger partial charge in [-0.25, -0.2) is 14.0 Å². The Bertz CT molecular complexity index is 871. The van der Waals surface area contributed by atoms with E-state index in [2.05, 4.69) is 20.7 Å². The standard InChI is InChI=1S/C20H20BrFN2O4/c1-27-19(25)14-5-6-15(18(22)11-14)13-24(17-4-2-3-16(21)12-17)20(26)23-7-9-28-10-8-23/h2-6,11-12H,7-10,13H2,1H3. The van der Waals surface area contributed by atoms with Crippen molar-refractivity contribution in [3.05, 3.63) is 63.9 Å². The maximum atomic E-state index is 14.6. The van der Waals surface area contributed by atoms with Crippen LogP contribution in [0.5, 0.6) is 0 Å². The Hall–Kier alpha value is -2.45. The Labute approximate surface area is 171 Å². The number of hydrogen-bond donors (Lipinski definition) is 0. The van der Waals surface area contributed by atoms with Crippen LogP contribution in [0, 0.1) is 5.82 Å². The predicted molar refractivity (Wildman–Crippen MR) is 106 cm³/mol. The molecule has 1 heterocycles. The first kappa shape index (κ1) is 20.3. The summed E-state index contributed by atoms with van der Waals surface area (Å²) in [4.78, 5) is 27.9. The number of amides is 2. The minimum Gasteiger partial charge on any atom is -0.465 e. The van der Waals surface area contributed by atoms with Crippen LogP contribution >= 0.6 is 15.9 Å². The fourth-order valence-electron chi connectivity index (χ4n) is 2.93. The van der Waals surface area contributed by atoms with Gasteiger partial charge in [0.15, 0.2) is 0 Å². The maximum Gasteiger partial charge on any atom is 0.337 e. The van der Waals surface area contributed by atoms with Gasteiger partial charge in [-0.3, -0.25) is 4.90 Å². The van der Waals surface area contributed by atoms with E-state index in [1.807, 2.05) is 12.1 Å². The zero-order chi connectivity index (χ0) is 20.1. The monoisotopic (exact) mass is 450 g/mol. The van der Waals surface area contributed by atoms with Gasteiger partial charge in [0.2, 0.25) is 0 Å². The van der Waals surface area contributed by atoms with Crippen LogP contribution in [-0.4, -0.2) is 50.3 Å². The van der Waals surface area contributed by atoms with Crippen molar-refractivity contribution in [2.24, 2.45) is 0 Å². The van der Waals surface area contributed by atoms with Crippen molar-refractivity contribution in [3.8, 4) is 0 Å². The molecule has 0 unspecified atom stereocenters. The van der Waals surface area contributed by atoms with Crippen LogP contribution in [0.1, 0.15) is 15.9 Å². The number of esters is 1. The summed E-state index contributed by atoms with van der Waals surface area (Å²) in [5, 5.41) is 0. The first-order valence-electron chi connectivity index (χ1n) is 8.76. The first-order valence-corrected chi connectivity index (χ1v) is 9.55. The number of carbonyl (C=O) groups is 2. The summed E-state index contributed by atoms with van der Waals surface area (Å²) in [5.41, 5.74) is 1.06. The second-order valence-corrected chi connectivity index (χ2v) is 7.16. The molecule has 28 heavy (non-hydrogen) atoms. The van der Waals surface area contributed by atoms with Gasteiger partial charge in [0, 0.05) is 28.8 Å². The minimum atomic E-state index is -0.612. The van der Waals surface area contributed by atoms with Crippen molar-refractivity contribution < 1.29 is 23.5 Å². The third kappa shape index (κ3) is 4.69. The van der Waals surface area contributed by atoms with Crippen LogP contribution in [0.4, 0.5) is 14.9 Å². The van der Waals surface area contributed by atoms with Gasteiger partial charge in [-0.1, -0.05) is 28.1 Å². The smallest absolute Gasteiger partial charge is 0.337 e. The Kier molecular flexibility index (Phi) is 6.64. The lowest BCUT2D eigenvalue weighted by Gasteiger charge is -2.33. The van der Waals surface area contributed by atoms with Gasteiger partial charge in [0.1, 0.15) is 5.82 Å². The molecule has 2 aromatic carbocycles. The topological polar surface area (TPSA) is 59.1 Å². The number of methoxy groups -OCH3 is 1. The van der Waals surface area contributed by atoms with Crippen molar-refractivity contribution >= 4 is 33.6 Å². The summed E-state index contributed by atoms with van der Waals surface area (Å²) < 4.78 is 25.4. The summed E-state index contributed by atoms with van der Waals surface area (Å²) in [6, 6.07) is 11.2. The largest absolute Gasteiger partial charge is 0.465 e.